The van der Waals surface area contributed by atoms with Crippen molar-refractivity contribution >= 4 is 18.3 Å². The molecule has 2 heterocycles. The van der Waals surface area contributed by atoms with Gasteiger partial charge in [-0.3, -0.25) is 9.59 Å². The van der Waals surface area contributed by atoms with E-state index in [1.165, 1.54) is 7.11 Å². The van der Waals surface area contributed by atoms with Gasteiger partial charge in [-0.2, -0.15) is 0 Å². The maximum Gasteiger partial charge on any atom is 0.328 e. The Bertz CT molecular complexity index is 343. The number of rotatable bonds is 3. The number of carbonyl (C=O) groups excluding carboxylic acids is 3. The molecule has 2 rings (SSSR count). The van der Waals surface area contributed by atoms with Gasteiger partial charge in [-0.25, -0.2) is 4.79 Å². The number of piperidine rings is 1. The van der Waals surface area contributed by atoms with Crippen molar-refractivity contribution in [1.29, 1.82) is 0 Å². The van der Waals surface area contributed by atoms with Gasteiger partial charge in [0.05, 0.1) is 7.11 Å². The third-order valence-corrected chi connectivity index (χ3v) is 3.45. The van der Waals surface area contributed by atoms with E-state index in [0.29, 0.717) is 32.2 Å². The minimum atomic E-state index is -0.612. The van der Waals surface area contributed by atoms with Gasteiger partial charge in [0, 0.05) is 25.3 Å². The van der Waals surface area contributed by atoms with Gasteiger partial charge in [0.2, 0.25) is 5.91 Å². The zero-order valence-corrected chi connectivity index (χ0v) is 9.63. The summed E-state index contributed by atoms with van der Waals surface area (Å²) in [5.41, 5.74) is 0. The fourth-order valence-electron chi connectivity index (χ4n) is 2.72. The van der Waals surface area contributed by atoms with Crippen LogP contribution in [0.2, 0.25) is 0 Å². The predicted molar refractivity (Wildman–Crippen MR) is 55.8 cm³/mol. The SMILES string of the molecule is COC(=O)[C@@H]1C[C@@H](OC=O)C[C@H]2CCC(=O)N21. The second-order valence-corrected chi connectivity index (χ2v) is 4.36. The molecule has 2 saturated heterocycles. The van der Waals surface area contributed by atoms with Crippen molar-refractivity contribution in [3.8, 4) is 0 Å². The molecule has 6 heteroatoms. The zero-order valence-electron chi connectivity index (χ0n) is 9.63. The molecule has 0 bridgehead atoms. The van der Waals surface area contributed by atoms with E-state index in [-0.39, 0.29) is 18.1 Å². The van der Waals surface area contributed by atoms with Crippen LogP contribution in [-0.4, -0.2) is 48.5 Å². The second-order valence-electron chi connectivity index (χ2n) is 4.36. The van der Waals surface area contributed by atoms with Crippen LogP contribution in [0.1, 0.15) is 25.7 Å². The standard InChI is InChI=1S/C11H15NO5/c1-16-11(15)9-5-8(17-6-13)4-7-2-3-10(14)12(7)9/h6-9H,2-5H2,1H3/t7-,8+,9+/m1/s1. The summed E-state index contributed by atoms with van der Waals surface area (Å²) < 4.78 is 9.62. The first-order chi connectivity index (χ1) is 8.17. The quantitative estimate of drug-likeness (QED) is 0.507. The van der Waals surface area contributed by atoms with Gasteiger partial charge in [-0.15, -0.1) is 0 Å². The summed E-state index contributed by atoms with van der Waals surface area (Å²) in [5.74, 6) is -0.459. The van der Waals surface area contributed by atoms with Crippen LogP contribution in [0.3, 0.4) is 0 Å². The Morgan fingerprint density at radius 1 is 1.47 bits per heavy atom. The number of fused-ring (bicyclic) bond motifs is 1. The van der Waals surface area contributed by atoms with Crippen LogP contribution in [-0.2, 0) is 23.9 Å². The molecule has 3 atom stereocenters. The third kappa shape index (κ3) is 2.11. The predicted octanol–water partition coefficient (Wildman–Crippen LogP) is -0.146. The van der Waals surface area contributed by atoms with Crippen LogP contribution >= 0.6 is 0 Å². The van der Waals surface area contributed by atoms with E-state index >= 15 is 0 Å². The van der Waals surface area contributed by atoms with Gasteiger partial charge < -0.3 is 14.4 Å². The summed E-state index contributed by atoms with van der Waals surface area (Å²) in [6.45, 7) is 0.394. The number of hydrogen-bond donors (Lipinski definition) is 0. The first-order valence-electron chi connectivity index (χ1n) is 5.65. The van der Waals surface area contributed by atoms with Crippen LogP contribution in [0.15, 0.2) is 0 Å². The van der Waals surface area contributed by atoms with E-state index < -0.39 is 12.0 Å². The second kappa shape index (κ2) is 4.73. The fourth-order valence-corrected chi connectivity index (χ4v) is 2.72. The topological polar surface area (TPSA) is 72.9 Å². The molecule has 0 aromatic carbocycles. The minimum Gasteiger partial charge on any atom is -0.467 e. The molecule has 2 aliphatic rings. The molecular weight excluding hydrogens is 226 g/mol. The molecular formula is C11H15NO5. The van der Waals surface area contributed by atoms with Crippen LogP contribution in [0.5, 0.6) is 0 Å². The number of methoxy groups -OCH3 is 1. The number of esters is 1. The molecule has 94 valence electrons. The number of nitrogens with zero attached hydrogens (tertiary/aromatic N) is 1. The van der Waals surface area contributed by atoms with Gasteiger partial charge in [-0.1, -0.05) is 0 Å². The lowest BCUT2D eigenvalue weighted by Crippen LogP contribution is -2.53. The Hall–Kier alpha value is -1.59. The molecule has 6 nitrogen and oxygen atoms in total. The van der Waals surface area contributed by atoms with E-state index in [0.717, 1.165) is 0 Å². The first kappa shape index (κ1) is 11.9. The third-order valence-electron chi connectivity index (χ3n) is 3.45. The summed E-state index contributed by atoms with van der Waals surface area (Å²) >= 11 is 0. The Morgan fingerprint density at radius 2 is 2.24 bits per heavy atom. The summed E-state index contributed by atoms with van der Waals surface area (Å²) in [4.78, 5) is 35.3. The van der Waals surface area contributed by atoms with Crippen LogP contribution in [0, 0.1) is 0 Å². The monoisotopic (exact) mass is 241 g/mol. The van der Waals surface area contributed by atoms with Crippen molar-refractivity contribution in [3.05, 3.63) is 0 Å². The number of carbonyl (C=O) groups is 3. The molecule has 2 aliphatic heterocycles. The Morgan fingerprint density at radius 3 is 2.88 bits per heavy atom. The van der Waals surface area contributed by atoms with Crippen molar-refractivity contribution < 1.29 is 23.9 Å². The highest BCUT2D eigenvalue weighted by Gasteiger charge is 2.46. The number of ether oxygens (including phenoxy) is 2. The molecule has 0 aromatic heterocycles. The lowest BCUT2D eigenvalue weighted by molar-refractivity contribution is -0.160. The lowest BCUT2D eigenvalue weighted by Gasteiger charge is -2.39. The van der Waals surface area contributed by atoms with Gasteiger partial charge in [0.15, 0.2) is 0 Å². The summed E-state index contributed by atoms with van der Waals surface area (Å²) in [7, 11) is 1.29. The highest BCUT2D eigenvalue weighted by atomic mass is 16.5. The minimum absolute atomic E-state index is 0.00898. The number of hydrogen-bond acceptors (Lipinski definition) is 5. The molecule has 0 N–H and O–H groups in total. The Kier molecular flexibility index (Phi) is 3.31. The van der Waals surface area contributed by atoms with Gasteiger partial charge in [0.25, 0.3) is 6.47 Å². The molecule has 1 amide bonds. The van der Waals surface area contributed by atoms with Crippen molar-refractivity contribution in [2.24, 2.45) is 0 Å². The highest BCUT2D eigenvalue weighted by molar-refractivity contribution is 5.86. The fraction of sp³-hybridized carbons (Fsp3) is 0.727. The Balaban J connectivity index is 2.16. The highest BCUT2D eigenvalue weighted by Crippen LogP contribution is 2.33. The van der Waals surface area contributed by atoms with Gasteiger partial charge in [0.1, 0.15) is 12.1 Å². The van der Waals surface area contributed by atoms with E-state index in [4.69, 9.17) is 9.47 Å². The van der Waals surface area contributed by atoms with Gasteiger partial charge in [-0.05, 0) is 6.42 Å². The normalized spacial score (nSPS) is 31.9. The maximum absolute atomic E-state index is 11.7. The number of amides is 1. The molecule has 0 aliphatic carbocycles. The Labute approximate surface area is 98.8 Å². The van der Waals surface area contributed by atoms with Crippen LogP contribution < -0.4 is 0 Å². The average molecular weight is 241 g/mol. The van der Waals surface area contributed by atoms with E-state index in [1.54, 1.807) is 4.90 Å². The van der Waals surface area contributed by atoms with Crippen molar-refractivity contribution in [3.63, 3.8) is 0 Å². The summed E-state index contributed by atoms with van der Waals surface area (Å²) in [5, 5.41) is 0. The molecule has 2 fully saturated rings. The zero-order chi connectivity index (χ0) is 12.4. The van der Waals surface area contributed by atoms with Crippen LogP contribution in [0.4, 0.5) is 0 Å². The van der Waals surface area contributed by atoms with Crippen molar-refractivity contribution in [2.45, 2.75) is 43.9 Å². The molecule has 0 spiro atoms. The van der Waals surface area contributed by atoms with Crippen LogP contribution in [0.25, 0.3) is 0 Å². The van der Waals surface area contributed by atoms with Crippen molar-refractivity contribution in [2.75, 3.05) is 7.11 Å². The summed E-state index contributed by atoms with van der Waals surface area (Å²) in [6.07, 6.45) is 1.80. The maximum atomic E-state index is 11.7. The first-order valence-corrected chi connectivity index (χ1v) is 5.65. The molecule has 0 radical (unpaired) electrons. The average Bonchev–Trinajstić information content (AvgIpc) is 2.70. The largest absolute Gasteiger partial charge is 0.467 e. The molecule has 0 saturated carbocycles. The van der Waals surface area contributed by atoms with Crippen molar-refractivity contribution in [1.82, 2.24) is 4.90 Å². The lowest BCUT2D eigenvalue weighted by atomic mass is 9.94. The van der Waals surface area contributed by atoms with E-state index in [2.05, 4.69) is 0 Å². The van der Waals surface area contributed by atoms with E-state index in [1.807, 2.05) is 0 Å². The van der Waals surface area contributed by atoms with Gasteiger partial charge >= 0.3 is 5.97 Å². The molecule has 0 aromatic rings. The smallest absolute Gasteiger partial charge is 0.328 e. The summed E-state index contributed by atoms with van der Waals surface area (Å²) in [6, 6.07) is -0.621. The molecule has 0 unspecified atom stereocenters. The molecule has 17 heavy (non-hydrogen) atoms. The van der Waals surface area contributed by atoms with E-state index in [9.17, 15) is 14.4 Å².